The summed E-state index contributed by atoms with van der Waals surface area (Å²) in [5, 5.41) is 2.70. The topological polar surface area (TPSA) is 29.1 Å². The van der Waals surface area contributed by atoms with Crippen molar-refractivity contribution in [3.05, 3.63) is 65.5 Å². The van der Waals surface area contributed by atoms with Gasteiger partial charge < -0.3 is 5.32 Å². The Kier molecular flexibility index (Phi) is 3.40. The summed E-state index contributed by atoms with van der Waals surface area (Å²) in [4.78, 5) is 11.8. The molecule has 0 saturated carbocycles. The predicted octanol–water partition coefficient (Wildman–Crippen LogP) is 3.06. The van der Waals surface area contributed by atoms with Crippen LogP contribution < -0.4 is 5.32 Å². The highest BCUT2D eigenvalue weighted by molar-refractivity contribution is 6.04. The summed E-state index contributed by atoms with van der Waals surface area (Å²) in [5.74, 6) is 1.81. The fourth-order valence-electron chi connectivity index (χ4n) is 1.49. The van der Waals surface area contributed by atoms with Crippen LogP contribution in [0.3, 0.4) is 0 Å². The van der Waals surface area contributed by atoms with Gasteiger partial charge in [-0.05, 0) is 42.5 Å². The van der Waals surface area contributed by atoms with Gasteiger partial charge in [-0.15, -0.1) is 6.42 Å². The highest BCUT2D eigenvalue weighted by Crippen LogP contribution is 2.12. The van der Waals surface area contributed by atoms with E-state index in [1.165, 1.54) is 24.3 Å². The Balaban J connectivity index is 2.16. The summed E-state index contributed by atoms with van der Waals surface area (Å²) in [6.45, 7) is 0. The van der Waals surface area contributed by atoms with Crippen molar-refractivity contribution in [2.45, 2.75) is 0 Å². The fraction of sp³-hybridized carbons (Fsp3) is 0. The molecule has 0 aliphatic heterocycles. The normalized spacial score (nSPS) is 9.56. The fourth-order valence-corrected chi connectivity index (χ4v) is 1.49. The molecule has 3 heteroatoms. The second-order valence-electron chi connectivity index (χ2n) is 3.69. The monoisotopic (exact) mass is 239 g/mol. The minimum Gasteiger partial charge on any atom is -0.322 e. The molecule has 0 spiro atoms. The molecule has 2 aromatic rings. The zero-order valence-electron chi connectivity index (χ0n) is 9.48. The molecule has 0 fully saturated rings. The summed E-state index contributed by atoms with van der Waals surface area (Å²) in [6, 6.07) is 12.3. The molecule has 1 amide bonds. The smallest absolute Gasteiger partial charge is 0.255 e. The quantitative estimate of drug-likeness (QED) is 0.802. The van der Waals surface area contributed by atoms with E-state index in [1.54, 1.807) is 24.3 Å². The number of hydrogen-bond donors (Lipinski definition) is 1. The highest BCUT2D eigenvalue weighted by atomic mass is 19.1. The lowest BCUT2D eigenvalue weighted by atomic mass is 10.2. The third-order valence-corrected chi connectivity index (χ3v) is 2.39. The van der Waals surface area contributed by atoms with Crippen molar-refractivity contribution in [1.82, 2.24) is 0 Å². The van der Waals surface area contributed by atoms with Crippen LogP contribution in [0.4, 0.5) is 10.1 Å². The number of benzene rings is 2. The van der Waals surface area contributed by atoms with E-state index in [-0.39, 0.29) is 11.7 Å². The van der Waals surface area contributed by atoms with E-state index in [2.05, 4.69) is 11.2 Å². The van der Waals surface area contributed by atoms with E-state index in [9.17, 15) is 9.18 Å². The van der Waals surface area contributed by atoms with E-state index < -0.39 is 0 Å². The van der Waals surface area contributed by atoms with Crippen LogP contribution >= 0.6 is 0 Å². The van der Waals surface area contributed by atoms with E-state index in [4.69, 9.17) is 6.42 Å². The van der Waals surface area contributed by atoms with Crippen LogP contribution in [0.1, 0.15) is 15.9 Å². The van der Waals surface area contributed by atoms with Crippen LogP contribution in [0.25, 0.3) is 0 Å². The lowest BCUT2D eigenvalue weighted by molar-refractivity contribution is 0.102. The van der Waals surface area contributed by atoms with Gasteiger partial charge in [-0.1, -0.05) is 12.0 Å². The minimum atomic E-state index is -0.374. The molecule has 18 heavy (non-hydrogen) atoms. The summed E-state index contributed by atoms with van der Waals surface area (Å²) in [5.41, 5.74) is 1.69. The third kappa shape index (κ3) is 2.74. The van der Waals surface area contributed by atoms with Crippen molar-refractivity contribution >= 4 is 11.6 Å². The largest absolute Gasteiger partial charge is 0.322 e. The number of rotatable bonds is 2. The van der Waals surface area contributed by atoms with Gasteiger partial charge in [-0.25, -0.2) is 4.39 Å². The van der Waals surface area contributed by atoms with Crippen molar-refractivity contribution in [3.8, 4) is 12.3 Å². The zero-order chi connectivity index (χ0) is 13.0. The first-order chi connectivity index (χ1) is 8.69. The maximum absolute atomic E-state index is 12.7. The van der Waals surface area contributed by atoms with Gasteiger partial charge in [0.15, 0.2) is 0 Å². The van der Waals surface area contributed by atoms with Crippen LogP contribution in [0, 0.1) is 18.2 Å². The van der Waals surface area contributed by atoms with Crippen molar-refractivity contribution in [2.24, 2.45) is 0 Å². The summed E-state index contributed by atoms with van der Waals surface area (Å²) >= 11 is 0. The number of carbonyl (C=O) groups excluding carboxylic acids is 1. The van der Waals surface area contributed by atoms with Gasteiger partial charge in [0, 0.05) is 16.8 Å². The molecule has 0 aliphatic carbocycles. The Labute approximate surface area is 104 Å². The molecule has 0 aromatic heterocycles. The number of amides is 1. The van der Waals surface area contributed by atoms with Crippen LogP contribution in [-0.2, 0) is 0 Å². The Morgan fingerprint density at radius 2 is 1.89 bits per heavy atom. The van der Waals surface area contributed by atoms with E-state index in [0.717, 1.165) is 0 Å². The number of halogens is 1. The van der Waals surface area contributed by atoms with Gasteiger partial charge in [-0.3, -0.25) is 4.79 Å². The molecule has 0 heterocycles. The van der Waals surface area contributed by atoms with E-state index >= 15 is 0 Å². The van der Waals surface area contributed by atoms with E-state index in [0.29, 0.717) is 16.8 Å². The number of nitrogens with one attached hydrogen (secondary N) is 1. The molecular weight excluding hydrogens is 229 g/mol. The second-order valence-corrected chi connectivity index (χ2v) is 3.69. The maximum atomic E-state index is 12.7. The molecule has 2 nitrogen and oxygen atoms in total. The summed E-state index contributed by atoms with van der Waals surface area (Å²) in [6.07, 6.45) is 5.27. The van der Waals surface area contributed by atoms with Gasteiger partial charge in [0.1, 0.15) is 5.82 Å². The minimum absolute atomic E-state index is 0.302. The lowest BCUT2D eigenvalue weighted by Crippen LogP contribution is -2.11. The highest BCUT2D eigenvalue weighted by Gasteiger charge is 2.05. The molecule has 0 bridgehead atoms. The second kappa shape index (κ2) is 5.15. The SMILES string of the molecule is C#Cc1cccc(NC(=O)c2ccc(F)cc2)c1. The molecule has 2 rings (SSSR count). The van der Waals surface area contributed by atoms with Crippen molar-refractivity contribution < 1.29 is 9.18 Å². The Morgan fingerprint density at radius 1 is 1.17 bits per heavy atom. The molecule has 0 saturated heterocycles. The third-order valence-electron chi connectivity index (χ3n) is 2.39. The van der Waals surface area contributed by atoms with Gasteiger partial charge in [-0.2, -0.15) is 0 Å². The van der Waals surface area contributed by atoms with E-state index in [1.807, 2.05) is 0 Å². The average molecular weight is 239 g/mol. The lowest BCUT2D eigenvalue weighted by Gasteiger charge is -2.05. The number of hydrogen-bond acceptors (Lipinski definition) is 1. The molecular formula is C15H10FNO. The standard InChI is InChI=1S/C15H10FNO/c1-2-11-4-3-5-14(10-11)17-15(18)12-6-8-13(16)9-7-12/h1,3-10H,(H,17,18). The maximum Gasteiger partial charge on any atom is 0.255 e. The number of anilines is 1. The summed E-state index contributed by atoms with van der Waals surface area (Å²) in [7, 11) is 0. The van der Waals surface area contributed by atoms with Crippen LogP contribution in [0.2, 0.25) is 0 Å². The van der Waals surface area contributed by atoms with Gasteiger partial charge >= 0.3 is 0 Å². The molecule has 0 radical (unpaired) electrons. The zero-order valence-corrected chi connectivity index (χ0v) is 9.48. The Bertz CT molecular complexity index is 611. The van der Waals surface area contributed by atoms with Crippen LogP contribution in [0.15, 0.2) is 48.5 Å². The molecule has 0 atom stereocenters. The molecule has 0 unspecified atom stereocenters. The van der Waals surface area contributed by atoms with Gasteiger partial charge in [0.25, 0.3) is 5.91 Å². The average Bonchev–Trinajstić information content (AvgIpc) is 2.39. The van der Waals surface area contributed by atoms with Crippen molar-refractivity contribution in [2.75, 3.05) is 5.32 Å². The molecule has 0 aliphatic rings. The van der Waals surface area contributed by atoms with Gasteiger partial charge in [0.05, 0.1) is 0 Å². The van der Waals surface area contributed by atoms with Crippen molar-refractivity contribution in [3.63, 3.8) is 0 Å². The van der Waals surface area contributed by atoms with Crippen LogP contribution in [-0.4, -0.2) is 5.91 Å². The Hall–Kier alpha value is -2.60. The molecule has 1 N–H and O–H groups in total. The Morgan fingerprint density at radius 3 is 2.56 bits per heavy atom. The van der Waals surface area contributed by atoms with Crippen molar-refractivity contribution in [1.29, 1.82) is 0 Å². The first kappa shape index (κ1) is 11.9. The first-order valence-electron chi connectivity index (χ1n) is 5.32. The summed E-state index contributed by atoms with van der Waals surface area (Å²) < 4.78 is 12.7. The first-order valence-corrected chi connectivity index (χ1v) is 5.32. The van der Waals surface area contributed by atoms with Crippen LogP contribution in [0.5, 0.6) is 0 Å². The number of carbonyl (C=O) groups is 1. The molecule has 88 valence electrons. The predicted molar refractivity (Wildman–Crippen MR) is 68.7 cm³/mol. The van der Waals surface area contributed by atoms with Gasteiger partial charge in [0.2, 0.25) is 0 Å². The number of terminal acetylenes is 1. The molecule has 2 aromatic carbocycles.